The van der Waals surface area contributed by atoms with Crippen molar-refractivity contribution in [3.8, 4) is 5.75 Å². The molecule has 0 atom stereocenters. The summed E-state index contributed by atoms with van der Waals surface area (Å²) in [5.74, 6) is 0.139. The Bertz CT molecular complexity index is 600. The number of methoxy groups -OCH3 is 1. The molecule has 19 heavy (non-hydrogen) atoms. The SMILES string of the molecule is CCc1nnc(NC(=O)c2cc(Cl)ccc2OC)s1. The van der Waals surface area contributed by atoms with E-state index < -0.39 is 0 Å². The van der Waals surface area contributed by atoms with Crippen molar-refractivity contribution in [3.63, 3.8) is 0 Å². The van der Waals surface area contributed by atoms with Gasteiger partial charge in [-0.3, -0.25) is 10.1 Å². The molecule has 100 valence electrons. The Kier molecular flexibility index (Phi) is 4.34. The number of amides is 1. The molecule has 0 aliphatic heterocycles. The highest BCUT2D eigenvalue weighted by molar-refractivity contribution is 7.15. The van der Waals surface area contributed by atoms with Crippen LogP contribution >= 0.6 is 22.9 Å². The first-order valence-corrected chi connectivity index (χ1v) is 6.80. The van der Waals surface area contributed by atoms with E-state index >= 15 is 0 Å². The van der Waals surface area contributed by atoms with Gasteiger partial charge < -0.3 is 4.74 Å². The fraction of sp³-hybridized carbons (Fsp3) is 0.250. The molecular weight excluding hydrogens is 286 g/mol. The van der Waals surface area contributed by atoms with Crippen molar-refractivity contribution in [1.29, 1.82) is 0 Å². The number of nitrogens with zero attached hydrogens (tertiary/aromatic N) is 2. The second kappa shape index (κ2) is 5.99. The molecule has 1 amide bonds. The summed E-state index contributed by atoms with van der Waals surface area (Å²) in [6.45, 7) is 1.98. The Morgan fingerprint density at radius 3 is 2.89 bits per heavy atom. The van der Waals surface area contributed by atoms with Gasteiger partial charge in [0.05, 0.1) is 12.7 Å². The first-order valence-electron chi connectivity index (χ1n) is 5.61. The van der Waals surface area contributed by atoms with E-state index in [0.29, 0.717) is 21.5 Å². The number of aromatic nitrogens is 2. The molecule has 2 rings (SSSR count). The van der Waals surface area contributed by atoms with Gasteiger partial charge >= 0.3 is 0 Å². The number of carbonyl (C=O) groups is 1. The number of hydrogen-bond donors (Lipinski definition) is 1. The number of aryl methyl sites for hydroxylation is 1. The normalized spacial score (nSPS) is 10.3. The summed E-state index contributed by atoms with van der Waals surface area (Å²) < 4.78 is 5.13. The second-order valence-corrected chi connectivity index (χ2v) is 5.15. The molecule has 2 aromatic rings. The minimum absolute atomic E-state index is 0.321. The Morgan fingerprint density at radius 1 is 1.47 bits per heavy atom. The minimum Gasteiger partial charge on any atom is -0.496 e. The number of benzene rings is 1. The highest BCUT2D eigenvalue weighted by Gasteiger charge is 2.15. The maximum Gasteiger partial charge on any atom is 0.261 e. The maximum atomic E-state index is 12.1. The molecule has 0 unspecified atom stereocenters. The van der Waals surface area contributed by atoms with Crippen LogP contribution in [0.4, 0.5) is 5.13 Å². The fourth-order valence-corrected chi connectivity index (χ4v) is 2.32. The molecular formula is C12H12ClN3O2S. The molecule has 7 heteroatoms. The number of rotatable bonds is 4. The number of anilines is 1. The van der Waals surface area contributed by atoms with Crippen LogP contribution in [0.15, 0.2) is 18.2 Å². The Labute approximate surface area is 119 Å². The number of carbonyl (C=O) groups excluding carboxylic acids is 1. The van der Waals surface area contributed by atoms with Gasteiger partial charge in [-0.1, -0.05) is 29.9 Å². The molecule has 1 aromatic heterocycles. The number of nitrogens with one attached hydrogen (secondary N) is 1. The van der Waals surface area contributed by atoms with Crippen molar-refractivity contribution in [1.82, 2.24) is 10.2 Å². The maximum absolute atomic E-state index is 12.1. The van der Waals surface area contributed by atoms with Gasteiger partial charge in [0.15, 0.2) is 0 Å². The zero-order valence-electron chi connectivity index (χ0n) is 10.4. The smallest absolute Gasteiger partial charge is 0.261 e. The van der Waals surface area contributed by atoms with E-state index in [1.807, 2.05) is 6.92 Å². The predicted molar refractivity (Wildman–Crippen MR) is 75.2 cm³/mol. The second-order valence-electron chi connectivity index (χ2n) is 3.65. The van der Waals surface area contributed by atoms with Crippen LogP contribution in [0, 0.1) is 0 Å². The molecule has 1 heterocycles. The summed E-state index contributed by atoms with van der Waals surface area (Å²) >= 11 is 7.23. The van der Waals surface area contributed by atoms with E-state index in [-0.39, 0.29) is 5.91 Å². The van der Waals surface area contributed by atoms with Crippen LogP contribution in [0.1, 0.15) is 22.3 Å². The van der Waals surface area contributed by atoms with E-state index in [1.165, 1.54) is 18.4 Å². The first kappa shape index (κ1) is 13.8. The molecule has 0 radical (unpaired) electrons. The summed E-state index contributed by atoms with van der Waals surface area (Å²) in [4.78, 5) is 12.1. The molecule has 0 aliphatic rings. The average molecular weight is 298 g/mol. The molecule has 0 saturated heterocycles. The molecule has 0 bridgehead atoms. The lowest BCUT2D eigenvalue weighted by molar-refractivity contribution is 0.102. The Morgan fingerprint density at radius 2 is 2.26 bits per heavy atom. The zero-order chi connectivity index (χ0) is 13.8. The lowest BCUT2D eigenvalue weighted by Crippen LogP contribution is -2.13. The van der Waals surface area contributed by atoms with Gasteiger partial charge in [0.1, 0.15) is 10.8 Å². The summed E-state index contributed by atoms with van der Waals surface area (Å²) in [6.07, 6.45) is 0.786. The van der Waals surface area contributed by atoms with Gasteiger partial charge in [0.2, 0.25) is 5.13 Å². The zero-order valence-corrected chi connectivity index (χ0v) is 12.0. The van der Waals surface area contributed by atoms with Crippen molar-refractivity contribution in [2.75, 3.05) is 12.4 Å². The number of ether oxygens (including phenoxy) is 1. The number of hydrogen-bond acceptors (Lipinski definition) is 5. The van der Waals surface area contributed by atoms with Gasteiger partial charge in [-0.25, -0.2) is 0 Å². The van der Waals surface area contributed by atoms with Crippen molar-refractivity contribution < 1.29 is 9.53 Å². The summed E-state index contributed by atoms with van der Waals surface area (Å²) in [6, 6.07) is 4.86. The minimum atomic E-state index is -0.321. The van der Waals surface area contributed by atoms with Crippen molar-refractivity contribution in [2.24, 2.45) is 0 Å². The molecule has 0 aliphatic carbocycles. The van der Waals surface area contributed by atoms with E-state index in [1.54, 1.807) is 18.2 Å². The summed E-state index contributed by atoms with van der Waals surface area (Å²) in [7, 11) is 1.50. The average Bonchev–Trinajstić information content (AvgIpc) is 2.86. The van der Waals surface area contributed by atoms with Crippen molar-refractivity contribution in [3.05, 3.63) is 33.8 Å². The Hall–Kier alpha value is -1.66. The van der Waals surface area contributed by atoms with Crippen LogP contribution in [0.2, 0.25) is 5.02 Å². The fourth-order valence-electron chi connectivity index (χ4n) is 1.47. The summed E-state index contributed by atoms with van der Waals surface area (Å²) in [5.41, 5.74) is 0.364. The molecule has 1 aromatic carbocycles. The Balaban J connectivity index is 2.21. The highest BCUT2D eigenvalue weighted by atomic mass is 35.5. The van der Waals surface area contributed by atoms with E-state index in [0.717, 1.165) is 11.4 Å². The van der Waals surface area contributed by atoms with Crippen LogP contribution in [0.3, 0.4) is 0 Å². The molecule has 0 saturated carbocycles. The molecule has 5 nitrogen and oxygen atoms in total. The van der Waals surface area contributed by atoms with Crippen LogP contribution in [0.25, 0.3) is 0 Å². The molecule has 0 spiro atoms. The first-order chi connectivity index (χ1) is 9.13. The van der Waals surface area contributed by atoms with E-state index in [9.17, 15) is 4.79 Å². The van der Waals surface area contributed by atoms with Gasteiger partial charge in [-0.15, -0.1) is 10.2 Å². The third kappa shape index (κ3) is 3.21. The van der Waals surface area contributed by atoms with Crippen molar-refractivity contribution in [2.45, 2.75) is 13.3 Å². The largest absolute Gasteiger partial charge is 0.496 e. The van der Waals surface area contributed by atoms with Crippen molar-refractivity contribution >= 4 is 34.0 Å². The molecule has 1 N–H and O–H groups in total. The lowest BCUT2D eigenvalue weighted by Gasteiger charge is -2.07. The van der Waals surface area contributed by atoms with Crippen LogP contribution in [-0.4, -0.2) is 23.2 Å². The van der Waals surface area contributed by atoms with Gasteiger partial charge in [0, 0.05) is 5.02 Å². The van der Waals surface area contributed by atoms with Gasteiger partial charge in [-0.2, -0.15) is 0 Å². The predicted octanol–water partition coefficient (Wildman–Crippen LogP) is 3.01. The molecule has 0 fully saturated rings. The lowest BCUT2D eigenvalue weighted by atomic mass is 10.2. The van der Waals surface area contributed by atoms with E-state index in [4.69, 9.17) is 16.3 Å². The number of halogens is 1. The monoisotopic (exact) mass is 297 g/mol. The van der Waals surface area contributed by atoms with Crippen LogP contribution in [0.5, 0.6) is 5.75 Å². The third-order valence-electron chi connectivity index (χ3n) is 2.40. The van der Waals surface area contributed by atoms with Gasteiger partial charge in [0.25, 0.3) is 5.91 Å². The highest BCUT2D eigenvalue weighted by Crippen LogP contribution is 2.24. The standard InChI is InChI=1S/C12H12ClN3O2S/c1-3-10-15-16-12(19-10)14-11(17)8-6-7(13)4-5-9(8)18-2/h4-6H,3H2,1-2H3,(H,14,16,17). The van der Waals surface area contributed by atoms with Gasteiger partial charge in [-0.05, 0) is 24.6 Å². The quantitative estimate of drug-likeness (QED) is 0.942. The summed E-state index contributed by atoms with van der Waals surface area (Å²) in [5, 5.41) is 12.3. The third-order valence-corrected chi connectivity index (χ3v) is 3.61. The van der Waals surface area contributed by atoms with E-state index in [2.05, 4.69) is 15.5 Å². The van der Waals surface area contributed by atoms with Crippen LogP contribution < -0.4 is 10.1 Å². The topological polar surface area (TPSA) is 64.1 Å². The van der Waals surface area contributed by atoms with Crippen LogP contribution in [-0.2, 0) is 6.42 Å².